The molecule has 0 spiro atoms. The number of aromatic nitrogens is 3. The van der Waals surface area contributed by atoms with Crippen LogP contribution in [0.5, 0.6) is 5.75 Å². The van der Waals surface area contributed by atoms with Gasteiger partial charge in [0.05, 0.1) is 11.4 Å². The molecule has 2 aromatic carbocycles. The zero-order chi connectivity index (χ0) is 21.8. The van der Waals surface area contributed by atoms with Crippen molar-refractivity contribution in [2.24, 2.45) is 0 Å². The van der Waals surface area contributed by atoms with E-state index in [0.29, 0.717) is 35.0 Å². The molecule has 5 N–H and O–H groups in total. The molecule has 7 nitrogen and oxygen atoms in total. The van der Waals surface area contributed by atoms with Gasteiger partial charge in [-0.15, -0.1) is 0 Å². The van der Waals surface area contributed by atoms with E-state index >= 15 is 0 Å². The minimum absolute atomic E-state index is 0.0197. The number of halogens is 1. The summed E-state index contributed by atoms with van der Waals surface area (Å²) in [5.41, 5.74) is 9.51. The van der Waals surface area contributed by atoms with Crippen LogP contribution in [0.4, 0.5) is 27.5 Å². The van der Waals surface area contributed by atoms with Gasteiger partial charge in [0.25, 0.3) is 0 Å². The third-order valence-corrected chi connectivity index (χ3v) is 4.62. The van der Waals surface area contributed by atoms with Crippen LogP contribution in [0, 0.1) is 12.7 Å². The number of aromatic hydroxyl groups is 1. The second-order valence-corrected chi connectivity index (χ2v) is 7.05. The molecule has 8 heteroatoms. The van der Waals surface area contributed by atoms with Crippen LogP contribution in [0.15, 0.2) is 67.0 Å². The minimum atomic E-state index is -0.359. The Balaban J connectivity index is 1.61. The highest BCUT2D eigenvalue weighted by Crippen LogP contribution is 2.33. The van der Waals surface area contributed by atoms with Crippen molar-refractivity contribution < 1.29 is 9.50 Å². The summed E-state index contributed by atoms with van der Waals surface area (Å²) in [6, 6.07) is 15.3. The number of rotatable bonds is 6. The molecule has 0 amide bonds. The van der Waals surface area contributed by atoms with Crippen LogP contribution in [-0.4, -0.2) is 20.1 Å². The third kappa shape index (κ3) is 4.87. The molecule has 0 aliphatic heterocycles. The fraction of sp³-hybridized carbons (Fsp3) is 0.0870. The number of nitrogens with one attached hydrogen (secondary N) is 2. The van der Waals surface area contributed by atoms with Gasteiger partial charge in [-0.3, -0.25) is 4.98 Å². The number of aryl methyl sites for hydroxylation is 1. The summed E-state index contributed by atoms with van der Waals surface area (Å²) in [6.07, 6.45) is 3.46. The monoisotopic (exact) mass is 416 g/mol. The molecule has 0 bridgehead atoms. The number of hydrogen-bond acceptors (Lipinski definition) is 7. The number of nitrogens with two attached hydrogens (primary N) is 1. The Labute approximate surface area is 178 Å². The predicted molar refractivity (Wildman–Crippen MR) is 120 cm³/mol. The molecule has 156 valence electrons. The Morgan fingerprint density at radius 1 is 1.06 bits per heavy atom. The van der Waals surface area contributed by atoms with E-state index in [9.17, 15) is 9.50 Å². The van der Waals surface area contributed by atoms with E-state index in [1.807, 2.05) is 25.1 Å². The van der Waals surface area contributed by atoms with E-state index in [1.165, 1.54) is 12.1 Å². The average molecular weight is 416 g/mol. The van der Waals surface area contributed by atoms with Gasteiger partial charge in [-0.2, -0.15) is 4.98 Å². The molecule has 0 aliphatic carbocycles. The molecule has 0 aliphatic rings. The van der Waals surface area contributed by atoms with E-state index in [1.54, 1.807) is 36.7 Å². The average Bonchev–Trinajstić information content (AvgIpc) is 2.76. The molecular formula is C23H21FN6O. The molecule has 0 radical (unpaired) electrons. The van der Waals surface area contributed by atoms with Gasteiger partial charge in [0.15, 0.2) is 0 Å². The number of nitrogens with zero attached hydrogens (tertiary/aromatic N) is 3. The van der Waals surface area contributed by atoms with Gasteiger partial charge < -0.3 is 21.5 Å². The van der Waals surface area contributed by atoms with Crippen molar-refractivity contribution in [2.75, 3.05) is 16.4 Å². The second kappa shape index (κ2) is 8.66. The van der Waals surface area contributed by atoms with Crippen LogP contribution in [0.2, 0.25) is 0 Å². The van der Waals surface area contributed by atoms with Gasteiger partial charge in [-0.05, 0) is 54.4 Å². The summed E-state index contributed by atoms with van der Waals surface area (Å²) in [5.74, 6) is 0.233. The molecule has 0 unspecified atom stereocenters. The maximum atomic E-state index is 14.2. The summed E-state index contributed by atoms with van der Waals surface area (Å²) in [4.78, 5) is 12.5. The predicted octanol–water partition coefficient (Wildman–Crippen LogP) is 4.63. The first-order valence-electron chi connectivity index (χ1n) is 9.62. The summed E-state index contributed by atoms with van der Waals surface area (Å²) in [7, 11) is 0. The number of pyridine rings is 1. The Hall–Kier alpha value is -4.20. The van der Waals surface area contributed by atoms with Crippen molar-refractivity contribution in [1.82, 2.24) is 15.0 Å². The molecule has 4 aromatic rings. The summed E-state index contributed by atoms with van der Waals surface area (Å²) < 4.78 is 14.2. The molecule has 2 heterocycles. The van der Waals surface area contributed by atoms with Gasteiger partial charge in [0.2, 0.25) is 5.95 Å². The Morgan fingerprint density at radius 2 is 1.94 bits per heavy atom. The zero-order valence-corrected chi connectivity index (χ0v) is 16.8. The third-order valence-electron chi connectivity index (χ3n) is 4.62. The lowest BCUT2D eigenvalue weighted by Crippen LogP contribution is -2.05. The maximum Gasteiger partial charge on any atom is 0.222 e. The maximum absolute atomic E-state index is 14.2. The first-order chi connectivity index (χ1) is 15.0. The number of anilines is 4. The Morgan fingerprint density at radius 3 is 2.71 bits per heavy atom. The highest BCUT2D eigenvalue weighted by molar-refractivity contribution is 5.75. The molecule has 4 rings (SSSR count). The molecular weight excluding hydrogens is 395 g/mol. The molecule has 0 saturated carbocycles. The number of phenols is 1. The highest BCUT2D eigenvalue weighted by atomic mass is 19.1. The van der Waals surface area contributed by atoms with Crippen LogP contribution in [0.3, 0.4) is 0 Å². The van der Waals surface area contributed by atoms with Crippen molar-refractivity contribution in [2.45, 2.75) is 13.5 Å². The van der Waals surface area contributed by atoms with Crippen molar-refractivity contribution in [3.8, 4) is 17.0 Å². The normalized spacial score (nSPS) is 10.6. The second-order valence-electron chi connectivity index (χ2n) is 7.05. The number of phenolic OH excluding ortho intramolecular Hbond substituents is 1. The topological polar surface area (TPSA) is 109 Å². The van der Waals surface area contributed by atoms with Crippen molar-refractivity contribution in [1.29, 1.82) is 0 Å². The fourth-order valence-corrected chi connectivity index (χ4v) is 3.09. The van der Waals surface area contributed by atoms with E-state index in [-0.39, 0.29) is 17.5 Å². The molecule has 31 heavy (non-hydrogen) atoms. The minimum Gasteiger partial charge on any atom is -0.507 e. The molecule has 0 fully saturated rings. The standard InChI is InChI=1S/C23H21FN6O/c1-14-4-6-19(18(24)9-14)28-16-5-7-21(31)17(10-16)20-11-22(30-23(25)29-20)27-13-15-3-2-8-26-12-15/h2-12,28,31H,13H2,1H3,(H3,25,27,29,30). The molecule has 0 saturated heterocycles. The van der Waals surface area contributed by atoms with Crippen LogP contribution in [-0.2, 0) is 6.54 Å². The van der Waals surface area contributed by atoms with E-state index < -0.39 is 0 Å². The van der Waals surface area contributed by atoms with Crippen LogP contribution < -0.4 is 16.4 Å². The summed E-state index contributed by atoms with van der Waals surface area (Å²) in [5, 5.41) is 16.6. The van der Waals surface area contributed by atoms with Gasteiger partial charge in [-0.25, -0.2) is 9.37 Å². The van der Waals surface area contributed by atoms with Crippen LogP contribution >= 0.6 is 0 Å². The quantitative estimate of drug-likeness (QED) is 0.339. The summed E-state index contributed by atoms with van der Waals surface area (Å²) in [6.45, 7) is 2.33. The van der Waals surface area contributed by atoms with E-state index in [4.69, 9.17) is 5.73 Å². The SMILES string of the molecule is Cc1ccc(Nc2ccc(O)c(-c3cc(NCc4cccnc4)nc(N)n3)c2)c(F)c1. The summed E-state index contributed by atoms with van der Waals surface area (Å²) >= 11 is 0. The Bertz CT molecular complexity index is 1220. The first kappa shape index (κ1) is 20.1. The molecule has 0 atom stereocenters. The number of nitrogen functional groups attached to an aromatic ring is 1. The van der Waals surface area contributed by atoms with E-state index in [2.05, 4.69) is 25.6 Å². The Kier molecular flexibility index (Phi) is 5.61. The fourth-order valence-electron chi connectivity index (χ4n) is 3.09. The lowest BCUT2D eigenvalue weighted by molar-refractivity contribution is 0.477. The van der Waals surface area contributed by atoms with Gasteiger partial charge in [0, 0.05) is 36.3 Å². The number of benzene rings is 2. The van der Waals surface area contributed by atoms with Gasteiger partial charge in [-0.1, -0.05) is 12.1 Å². The van der Waals surface area contributed by atoms with Gasteiger partial charge in [0.1, 0.15) is 17.4 Å². The smallest absolute Gasteiger partial charge is 0.222 e. The highest BCUT2D eigenvalue weighted by Gasteiger charge is 2.12. The first-order valence-corrected chi connectivity index (χ1v) is 9.62. The zero-order valence-electron chi connectivity index (χ0n) is 16.8. The van der Waals surface area contributed by atoms with E-state index in [0.717, 1.165) is 11.1 Å². The van der Waals surface area contributed by atoms with Crippen LogP contribution in [0.25, 0.3) is 11.3 Å². The number of hydrogen-bond donors (Lipinski definition) is 4. The van der Waals surface area contributed by atoms with Crippen LogP contribution in [0.1, 0.15) is 11.1 Å². The molecule has 2 aromatic heterocycles. The van der Waals surface area contributed by atoms with Gasteiger partial charge >= 0.3 is 0 Å². The van der Waals surface area contributed by atoms with Crippen molar-refractivity contribution >= 4 is 23.1 Å². The lowest BCUT2D eigenvalue weighted by Gasteiger charge is -2.12. The van der Waals surface area contributed by atoms with Crippen molar-refractivity contribution in [3.63, 3.8) is 0 Å². The van der Waals surface area contributed by atoms with Crippen molar-refractivity contribution in [3.05, 3.63) is 83.9 Å². The lowest BCUT2D eigenvalue weighted by atomic mass is 10.1. The largest absolute Gasteiger partial charge is 0.507 e.